The first kappa shape index (κ1) is 22.7. The van der Waals surface area contributed by atoms with Gasteiger partial charge in [-0.05, 0) is 43.0 Å². The Morgan fingerprint density at radius 2 is 1.93 bits per heavy atom. The summed E-state index contributed by atoms with van der Waals surface area (Å²) in [5.41, 5.74) is 2.17. The van der Waals surface area contributed by atoms with Crippen LogP contribution in [0.25, 0.3) is 10.2 Å². The SMILES string of the molecule is CCCSc1nc(SCc2c(Cl)cccc2Cl)c2c3c(sc2n1)CO[C@](C)(CC)C3. The maximum atomic E-state index is 6.42. The molecule has 3 aromatic rings. The second kappa shape index (κ2) is 9.55. The van der Waals surface area contributed by atoms with Gasteiger partial charge in [0.15, 0.2) is 5.16 Å². The predicted molar refractivity (Wildman–Crippen MR) is 132 cm³/mol. The van der Waals surface area contributed by atoms with E-state index in [0.29, 0.717) is 22.4 Å². The molecular weight excluding hydrogens is 475 g/mol. The van der Waals surface area contributed by atoms with Crippen LogP contribution in [0.3, 0.4) is 0 Å². The number of hydrogen-bond acceptors (Lipinski definition) is 6. The Labute approximate surface area is 200 Å². The molecular formula is C22H24Cl2N2OS3. The number of nitrogens with zero attached hydrogens (tertiary/aromatic N) is 2. The van der Waals surface area contributed by atoms with Crippen LogP contribution in [0.2, 0.25) is 10.0 Å². The van der Waals surface area contributed by atoms with E-state index in [0.717, 1.165) is 45.6 Å². The third-order valence-corrected chi connectivity index (χ3v) is 9.24. The average Bonchev–Trinajstić information content (AvgIpc) is 3.09. The predicted octanol–water partition coefficient (Wildman–Crippen LogP) is 8.03. The van der Waals surface area contributed by atoms with E-state index in [1.165, 1.54) is 15.8 Å². The van der Waals surface area contributed by atoms with E-state index in [2.05, 4.69) is 20.8 Å². The molecule has 0 saturated carbocycles. The summed E-state index contributed by atoms with van der Waals surface area (Å²) < 4.78 is 6.18. The Morgan fingerprint density at radius 3 is 2.63 bits per heavy atom. The van der Waals surface area contributed by atoms with Gasteiger partial charge in [-0.2, -0.15) is 0 Å². The normalized spacial score (nSPS) is 18.7. The van der Waals surface area contributed by atoms with E-state index >= 15 is 0 Å². The molecule has 0 unspecified atom stereocenters. The maximum absolute atomic E-state index is 6.42. The molecule has 0 aliphatic carbocycles. The van der Waals surface area contributed by atoms with Crippen LogP contribution in [0.15, 0.2) is 28.4 Å². The van der Waals surface area contributed by atoms with Crippen molar-refractivity contribution in [3.63, 3.8) is 0 Å². The summed E-state index contributed by atoms with van der Waals surface area (Å²) in [5.74, 6) is 1.68. The van der Waals surface area contributed by atoms with Crippen molar-refractivity contribution in [1.82, 2.24) is 9.97 Å². The monoisotopic (exact) mass is 498 g/mol. The van der Waals surface area contributed by atoms with Gasteiger partial charge in [-0.25, -0.2) is 9.97 Å². The van der Waals surface area contributed by atoms with E-state index in [1.807, 2.05) is 18.2 Å². The Hall–Kier alpha value is -0.500. The Kier molecular flexibility index (Phi) is 7.22. The van der Waals surface area contributed by atoms with Crippen molar-refractivity contribution in [2.24, 2.45) is 0 Å². The average molecular weight is 500 g/mol. The minimum Gasteiger partial charge on any atom is -0.369 e. The topological polar surface area (TPSA) is 35.0 Å². The molecule has 0 spiro atoms. The fraction of sp³-hybridized carbons (Fsp3) is 0.455. The number of fused-ring (bicyclic) bond motifs is 3. The summed E-state index contributed by atoms with van der Waals surface area (Å²) in [6.07, 6.45) is 2.96. The number of aromatic nitrogens is 2. The lowest BCUT2D eigenvalue weighted by Crippen LogP contribution is -2.33. The smallest absolute Gasteiger partial charge is 0.190 e. The number of hydrogen-bond donors (Lipinski definition) is 0. The fourth-order valence-electron chi connectivity index (χ4n) is 3.42. The van der Waals surface area contributed by atoms with Gasteiger partial charge in [-0.1, -0.05) is 54.9 Å². The van der Waals surface area contributed by atoms with E-state index in [9.17, 15) is 0 Å². The van der Waals surface area contributed by atoms with Crippen LogP contribution >= 0.6 is 58.1 Å². The van der Waals surface area contributed by atoms with E-state index < -0.39 is 0 Å². The molecule has 1 aromatic carbocycles. The minimum absolute atomic E-state index is 0.134. The van der Waals surface area contributed by atoms with Crippen LogP contribution in [0.1, 0.15) is 49.6 Å². The molecule has 0 amide bonds. The summed E-state index contributed by atoms with van der Waals surface area (Å²) in [6, 6.07) is 5.65. The number of rotatable bonds is 7. The Balaban J connectivity index is 1.76. The lowest BCUT2D eigenvalue weighted by molar-refractivity contribution is -0.0543. The number of ether oxygens (including phenoxy) is 1. The number of thiophene rings is 1. The maximum Gasteiger partial charge on any atom is 0.190 e. The van der Waals surface area contributed by atoms with Crippen molar-refractivity contribution in [1.29, 1.82) is 0 Å². The molecule has 8 heteroatoms. The molecule has 3 heterocycles. The lowest BCUT2D eigenvalue weighted by atomic mass is 9.90. The number of halogens is 2. The molecule has 4 rings (SSSR count). The van der Waals surface area contributed by atoms with Gasteiger partial charge in [0.1, 0.15) is 9.86 Å². The van der Waals surface area contributed by atoms with Crippen LogP contribution in [-0.2, 0) is 23.5 Å². The molecule has 0 saturated heterocycles. The molecule has 0 N–H and O–H groups in total. The zero-order valence-electron chi connectivity index (χ0n) is 17.3. The van der Waals surface area contributed by atoms with Gasteiger partial charge >= 0.3 is 0 Å². The number of thioether (sulfide) groups is 2. The van der Waals surface area contributed by atoms with Crippen molar-refractivity contribution in [3.05, 3.63) is 44.2 Å². The summed E-state index contributed by atoms with van der Waals surface area (Å²) in [6.45, 7) is 7.21. The molecule has 3 nitrogen and oxygen atoms in total. The van der Waals surface area contributed by atoms with Crippen LogP contribution in [0, 0.1) is 0 Å². The van der Waals surface area contributed by atoms with Gasteiger partial charge in [-0.3, -0.25) is 0 Å². The van der Waals surface area contributed by atoms with Crippen LogP contribution in [0.4, 0.5) is 0 Å². The third kappa shape index (κ3) is 4.64. The third-order valence-electron chi connectivity index (χ3n) is 5.38. The van der Waals surface area contributed by atoms with E-state index in [4.69, 9.17) is 37.9 Å². The van der Waals surface area contributed by atoms with Crippen molar-refractivity contribution >= 4 is 68.3 Å². The highest BCUT2D eigenvalue weighted by Gasteiger charge is 2.33. The molecule has 1 aliphatic rings. The first-order valence-corrected chi connectivity index (χ1v) is 13.6. The Morgan fingerprint density at radius 1 is 1.17 bits per heavy atom. The first-order valence-electron chi connectivity index (χ1n) is 10.1. The van der Waals surface area contributed by atoms with Crippen LogP contribution in [0.5, 0.6) is 0 Å². The largest absolute Gasteiger partial charge is 0.369 e. The van der Waals surface area contributed by atoms with Crippen LogP contribution < -0.4 is 0 Å². The Bertz CT molecular complexity index is 1050. The van der Waals surface area contributed by atoms with E-state index in [-0.39, 0.29) is 5.60 Å². The minimum atomic E-state index is -0.134. The molecule has 2 aromatic heterocycles. The molecule has 1 aliphatic heterocycles. The zero-order valence-corrected chi connectivity index (χ0v) is 21.2. The summed E-state index contributed by atoms with van der Waals surface area (Å²) in [4.78, 5) is 12.2. The standard InChI is InChI=1S/C22H24Cl2N2OS3/c1-4-9-28-21-25-19(29-12-14-15(23)7-6-8-16(14)24)18-13-10-22(3,5-2)27-11-17(13)30-20(18)26-21/h6-8H,4-5,9-12H2,1-3H3/t22-/m1/s1. The number of benzene rings is 1. The van der Waals surface area contributed by atoms with Gasteiger partial charge in [0, 0.05) is 38.2 Å². The highest BCUT2D eigenvalue weighted by atomic mass is 35.5. The second-order valence-electron chi connectivity index (χ2n) is 7.60. The molecule has 160 valence electrons. The summed E-state index contributed by atoms with van der Waals surface area (Å²) in [7, 11) is 0. The van der Waals surface area contributed by atoms with Gasteiger partial charge in [0.05, 0.1) is 12.2 Å². The van der Waals surface area contributed by atoms with Crippen molar-refractivity contribution in [3.8, 4) is 0 Å². The zero-order chi connectivity index (χ0) is 21.3. The lowest BCUT2D eigenvalue weighted by Gasteiger charge is -2.33. The van der Waals surface area contributed by atoms with Gasteiger partial charge in [-0.15, -0.1) is 23.1 Å². The summed E-state index contributed by atoms with van der Waals surface area (Å²) >= 11 is 18.0. The molecule has 0 bridgehead atoms. The summed E-state index contributed by atoms with van der Waals surface area (Å²) in [5, 5.41) is 4.44. The van der Waals surface area contributed by atoms with Crippen molar-refractivity contribution < 1.29 is 4.74 Å². The van der Waals surface area contributed by atoms with Crippen LogP contribution in [-0.4, -0.2) is 21.3 Å². The highest BCUT2D eigenvalue weighted by Crippen LogP contribution is 2.44. The van der Waals surface area contributed by atoms with E-state index in [1.54, 1.807) is 34.9 Å². The highest BCUT2D eigenvalue weighted by molar-refractivity contribution is 7.99. The van der Waals surface area contributed by atoms with Crippen molar-refractivity contribution in [2.75, 3.05) is 5.75 Å². The van der Waals surface area contributed by atoms with Gasteiger partial charge < -0.3 is 4.74 Å². The quantitative estimate of drug-likeness (QED) is 0.187. The first-order chi connectivity index (χ1) is 14.4. The molecule has 1 atom stereocenters. The fourth-order valence-corrected chi connectivity index (χ4v) is 7.20. The molecule has 0 fully saturated rings. The van der Waals surface area contributed by atoms with Gasteiger partial charge in [0.2, 0.25) is 0 Å². The van der Waals surface area contributed by atoms with Gasteiger partial charge in [0.25, 0.3) is 0 Å². The van der Waals surface area contributed by atoms with Crippen molar-refractivity contribution in [2.45, 2.75) is 68.2 Å². The second-order valence-corrected chi connectivity index (χ2v) is 11.5. The molecule has 30 heavy (non-hydrogen) atoms. The molecule has 0 radical (unpaired) electrons.